The Kier molecular flexibility index (Phi) is 5.08. The number of nitrogens with zero attached hydrogens (tertiary/aromatic N) is 2. The van der Waals surface area contributed by atoms with Crippen molar-refractivity contribution in [2.75, 3.05) is 40.3 Å². The van der Waals surface area contributed by atoms with Gasteiger partial charge in [0.05, 0.1) is 5.41 Å². The van der Waals surface area contributed by atoms with Crippen LogP contribution in [-0.2, 0) is 4.79 Å². The molecule has 6 nitrogen and oxygen atoms in total. The van der Waals surface area contributed by atoms with Crippen molar-refractivity contribution >= 4 is 12.0 Å². The summed E-state index contributed by atoms with van der Waals surface area (Å²) in [6.07, 6.45) is 4.51. The third-order valence-electron chi connectivity index (χ3n) is 5.06. The van der Waals surface area contributed by atoms with E-state index in [-0.39, 0.29) is 12.6 Å². The molecule has 120 valence electrons. The van der Waals surface area contributed by atoms with Crippen molar-refractivity contribution in [2.24, 2.45) is 11.3 Å². The number of urea groups is 1. The quantitative estimate of drug-likeness (QED) is 0.800. The van der Waals surface area contributed by atoms with Crippen molar-refractivity contribution < 1.29 is 14.7 Å². The van der Waals surface area contributed by atoms with Crippen LogP contribution in [-0.4, -0.2) is 67.2 Å². The number of hydrogen-bond acceptors (Lipinski definition) is 3. The molecule has 0 bridgehead atoms. The fourth-order valence-corrected chi connectivity index (χ4v) is 3.16. The van der Waals surface area contributed by atoms with Crippen LogP contribution in [0.15, 0.2) is 0 Å². The van der Waals surface area contributed by atoms with Gasteiger partial charge in [-0.1, -0.05) is 6.42 Å². The highest BCUT2D eigenvalue weighted by atomic mass is 16.4. The topological polar surface area (TPSA) is 72.9 Å². The Morgan fingerprint density at radius 3 is 2.43 bits per heavy atom. The van der Waals surface area contributed by atoms with E-state index in [0.717, 1.165) is 38.9 Å². The summed E-state index contributed by atoms with van der Waals surface area (Å²) in [5, 5.41) is 12.1. The van der Waals surface area contributed by atoms with E-state index in [0.29, 0.717) is 18.8 Å². The Labute approximate surface area is 126 Å². The van der Waals surface area contributed by atoms with E-state index in [1.807, 2.05) is 0 Å². The fourth-order valence-electron chi connectivity index (χ4n) is 3.16. The van der Waals surface area contributed by atoms with E-state index >= 15 is 0 Å². The maximum atomic E-state index is 12.1. The number of hydrogen-bond donors (Lipinski definition) is 2. The van der Waals surface area contributed by atoms with Crippen molar-refractivity contribution in [2.45, 2.75) is 32.1 Å². The lowest BCUT2D eigenvalue weighted by Gasteiger charge is -2.38. The lowest BCUT2D eigenvalue weighted by atomic mass is 9.69. The van der Waals surface area contributed by atoms with Gasteiger partial charge in [-0.05, 0) is 51.7 Å². The number of carbonyl (C=O) groups excluding carboxylic acids is 1. The van der Waals surface area contributed by atoms with Gasteiger partial charge >= 0.3 is 12.0 Å². The first-order valence-corrected chi connectivity index (χ1v) is 7.84. The van der Waals surface area contributed by atoms with Gasteiger partial charge in [-0.25, -0.2) is 4.79 Å². The Morgan fingerprint density at radius 1 is 1.33 bits per heavy atom. The van der Waals surface area contributed by atoms with Crippen molar-refractivity contribution in [3.8, 4) is 0 Å². The van der Waals surface area contributed by atoms with Gasteiger partial charge in [-0.2, -0.15) is 0 Å². The molecule has 2 fully saturated rings. The molecular formula is C15H27N3O3. The molecule has 1 heterocycles. The van der Waals surface area contributed by atoms with Crippen molar-refractivity contribution in [1.29, 1.82) is 0 Å². The van der Waals surface area contributed by atoms with Crippen molar-refractivity contribution in [3.05, 3.63) is 0 Å². The van der Waals surface area contributed by atoms with Crippen molar-refractivity contribution in [3.63, 3.8) is 0 Å². The average Bonchev–Trinajstić information content (AvgIpc) is 2.39. The lowest BCUT2D eigenvalue weighted by Crippen LogP contribution is -2.50. The Morgan fingerprint density at radius 2 is 1.95 bits per heavy atom. The standard InChI is InChI=1S/C15H27N3O3/c1-17-8-4-12(5-9-17)10-18(2)14(21)16-11-15(13(19)20)6-3-7-15/h12H,3-11H2,1-2H3,(H,16,21)(H,19,20). The Bertz CT molecular complexity index is 388. The molecule has 0 aromatic carbocycles. The van der Waals surface area contributed by atoms with Crippen LogP contribution in [0.3, 0.4) is 0 Å². The number of carboxylic acids is 1. The average molecular weight is 297 g/mol. The minimum atomic E-state index is -0.785. The number of amides is 2. The summed E-state index contributed by atoms with van der Waals surface area (Å²) in [5.41, 5.74) is -0.718. The highest BCUT2D eigenvalue weighted by Crippen LogP contribution is 2.40. The fraction of sp³-hybridized carbons (Fsp3) is 0.867. The summed E-state index contributed by atoms with van der Waals surface area (Å²) in [7, 11) is 3.92. The van der Waals surface area contributed by atoms with Crippen LogP contribution in [0.2, 0.25) is 0 Å². The second-order valence-electron chi connectivity index (χ2n) is 6.72. The molecule has 2 rings (SSSR count). The largest absolute Gasteiger partial charge is 0.481 e. The van der Waals surface area contributed by atoms with E-state index in [4.69, 9.17) is 0 Å². The molecule has 1 aliphatic heterocycles. The minimum absolute atomic E-state index is 0.151. The van der Waals surface area contributed by atoms with Crippen molar-refractivity contribution in [1.82, 2.24) is 15.1 Å². The third kappa shape index (κ3) is 3.87. The SMILES string of the molecule is CN1CCC(CN(C)C(=O)NCC2(C(=O)O)CCC2)CC1. The molecule has 2 N–H and O–H groups in total. The summed E-state index contributed by atoms with van der Waals surface area (Å²) < 4.78 is 0. The smallest absolute Gasteiger partial charge is 0.317 e. The van der Waals surface area contributed by atoms with Crippen LogP contribution in [0.1, 0.15) is 32.1 Å². The number of aliphatic carboxylic acids is 1. The summed E-state index contributed by atoms with van der Waals surface area (Å²) in [5.74, 6) is -0.235. The molecule has 0 unspecified atom stereocenters. The van der Waals surface area contributed by atoms with Crippen LogP contribution in [0, 0.1) is 11.3 Å². The second kappa shape index (κ2) is 6.64. The van der Waals surface area contributed by atoms with Crippen LogP contribution >= 0.6 is 0 Å². The predicted octanol–water partition coefficient (Wildman–Crippen LogP) is 1.22. The highest BCUT2D eigenvalue weighted by Gasteiger charge is 2.44. The molecule has 0 radical (unpaired) electrons. The first-order chi connectivity index (χ1) is 9.93. The van der Waals surface area contributed by atoms with Gasteiger partial charge in [0, 0.05) is 20.1 Å². The Balaban J connectivity index is 1.73. The van der Waals surface area contributed by atoms with E-state index in [1.54, 1.807) is 11.9 Å². The summed E-state index contributed by atoms with van der Waals surface area (Å²) in [4.78, 5) is 27.4. The first-order valence-electron chi connectivity index (χ1n) is 7.84. The van der Waals surface area contributed by atoms with E-state index in [2.05, 4.69) is 17.3 Å². The number of rotatable bonds is 5. The molecule has 0 spiro atoms. The molecule has 1 saturated heterocycles. The van der Waals surface area contributed by atoms with Gasteiger partial charge in [-0.15, -0.1) is 0 Å². The predicted molar refractivity (Wildman–Crippen MR) is 80.2 cm³/mol. The number of carbonyl (C=O) groups is 2. The van der Waals surface area contributed by atoms with Crippen LogP contribution < -0.4 is 5.32 Å². The molecular weight excluding hydrogens is 270 g/mol. The molecule has 0 aromatic rings. The monoisotopic (exact) mass is 297 g/mol. The van der Waals surface area contributed by atoms with E-state index < -0.39 is 11.4 Å². The number of likely N-dealkylation sites (tertiary alicyclic amines) is 1. The van der Waals surface area contributed by atoms with Gasteiger partial charge in [0.1, 0.15) is 0 Å². The highest BCUT2D eigenvalue weighted by molar-refractivity contribution is 5.78. The number of nitrogens with one attached hydrogen (secondary N) is 1. The zero-order valence-corrected chi connectivity index (χ0v) is 13.1. The summed E-state index contributed by atoms with van der Waals surface area (Å²) in [6, 6.07) is -0.151. The van der Waals surface area contributed by atoms with Gasteiger partial charge in [-0.3, -0.25) is 4.79 Å². The third-order valence-corrected chi connectivity index (χ3v) is 5.06. The molecule has 0 aromatic heterocycles. The molecule has 0 atom stereocenters. The normalized spacial score (nSPS) is 22.4. The zero-order chi connectivity index (χ0) is 15.5. The molecule has 2 aliphatic rings. The molecule has 21 heavy (non-hydrogen) atoms. The first kappa shape index (κ1) is 16.1. The maximum Gasteiger partial charge on any atom is 0.317 e. The van der Waals surface area contributed by atoms with E-state index in [1.165, 1.54) is 0 Å². The Hall–Kier alpha value is -1.30. The van der Waals surface area contributed by atoms with Gasteiger partial charge in [0.25, 0.3) is 0 Å². The lowest BCUT2D eigenvalue weighted by molar-refractivity contribution is -0.153. The molecule has 1 saturated carbocycles. The van der Waals surface area contributed by atoms with Gasteiger partial charge in [0.2, 0.25) is 0 Å². The van der Waals surface area contributed by atoms with Gasteiger partial charge < -0.3 is 20.2 Å². The number of carboxylic acid groups (broad SMARTS) is 1. The maximum absolute atomic E-state index is 12.1. The second-order valence-corrected chi connectivity index (χ2v) is 6.72. The summed E-state index contributed by atoms with van der Waals surface area (Å²) in [6.45, 7) is 3.17. The molecule has 2 amide bonds. The van der Waals surface area contributed by atoms with Crippen LogP contribution in [0.4, 0.5) is 4.79 Å². The molecule has 6 heteroatoms. The van der Waals surface area contributed by atoms with E-state index in [9.17, 15) is 14.7 Å². The van der Waals surface area contributed by atoms with Gasteiger partial charge in [0.15, 0.2) is 0 Å². The number of piperidine rings is 1. The zero-order valence-electron chi connectivity index (χ0n) is 13.1. The molecule has 1 aliphatic carbocycles. The van der Waals surface area contributed by atoms with Crippen LogP contribution in [0.5, 0.6) is 0 Å². The summed E-state index contributed by atoms with van der Waals surface area (Å²) >= 11 is 0. The minimum Gasteiger partial charge on any atom is -0.481 e. The van der Waals surface area contributed by atoms with Crippen LogP contribution in [0.25, 0.3) is 0 Å².